The van der Waals surface area contributed by atoms with Crippen molar-refractivity contribution in [2.75, 3.05) is 32.7 Å². The zero-order valence-electron chi connectivity index (χ0n) is 16.8. The van der Waals surface area contributed by atoms with Crippen LogP contribution in [0.2, 0.25) is 0 Å². The first-order valence-corrected chi connectivity index (χ1v) is 11.4. The van der Waals surface area contributed by atoms with Crippen molar-refractivity contribution in [3.63, 3.8) is 0 Å². The van der Waals surface area contributed by atoms with E-state index in [2.05, 4.69) is 12.2 Å². The number of hydrogen-bond donors (Lipinski definition) is 1. The second kappa shape index (κ2) is 10.6. The molecule has 0 aliphatic carbocycles. The lowest BCUT2D eigenvalue weighted by Crippen LogP contribution is -2.50. The van der Waals surface area contributed by atoms with Gasteiger partial charge < -0.3 is 10.2 Å². The van der Waals surface area contributed by atoms with E-state index in [9.17, 15) is 18.0 Å². The van der Waals surface area contributed by atoms with Crippen molar-refractivity contribution in [2.45, 2.75) is 50.8 Å². The van der Waals surface area contributed by atoms with Gasteiger partial charge >= 0.3 is 0 Å². The number of carbonyl (C=O) groups excluding carboxylic acids is 2. The molecule has 2 rings (SSSR count). The molecular weight excluding hydrogens is 378 g/mol. The van der Waals surface area contributed by atoms with Gasteiger partial charge in [-0.2, -0.15) is 4.31 Å². The molecule has 2 amide bonds. The number of aryl methyl sites for hydroxylation is 1. The lowest BCUT2D eigenvalue weighted by Gasteiger charge is -2.34. The van der Waals surface area contributed by atoms with Crippen molar-refractivity contribution in [1.29, 1.82) is 0 Å². The van der Waals surface area contributed by atoms with Gasteiger partial charge in [0.2, 0.25) is 21.8 Å². The minimum Gasteiger partial charge on any atom is -0.356 e. The molecule has 1 N–H and O–H groups in total. The summed E-state index contributed by atoms with van der Waals surface area (Å²) in [6, 6.07) is 6.78. The molecule has 1 heterocycles. The fourth-order valence-electron chi connectivity index (χ4n) is 3.11. The number of nitrogens with zero attached hydrogens (tertiary/aromatic N) is 2. The average Bonchev–Trinajstić information content (AvgIpc) is 2.70. The van der Waals surface area contributed by atoms with Crippen LogP contribution in [0.15, 0.2) is 29.2 Å². The summed E-state index contributed by atoms with van der Waals surface area (Å²) < 4.78 is 26.8. The summed E-state index contributed by atoms with van der Waals surface area (Å²) in [5.74, 6) is -0.207. The number of amides is 2. The summed E-state index contributed by atoms with van der Waals surface area (Å²) in [5.41, 5.74) is 1.00. The third-order valence-corrected chi connectivity index (χ3v) is 6.83. The first-order chi connectivity index (χ1) is 13.3. The number of hydrogen-bond acceptors (Lipinski definition) is 4. The van der Waals surface area contributed by atoms with Crippen LogP contribution in [0.1, 0.15) is 44.6 Å². The number of sulfonamides is 1. The van der Waals surface area contributed by atoms with Gasteiger partial charge in [-0.1, -0.05) is 37.5 Å². The third-order valence-electron chi connectivity index (χ3n) is 4.92. The molecule has 8 heteroatoms. The highest BCUT2D eigenvalue weighted by molar-refractivity contribution is 7.89. The largest absolute Gasteiger partial charge is 0.356 e. The predicted octanol–water partition coefficient (Wildman–Crippen LogP) is 1.91. The average molecular weight is 410 g/mol. The van der Waals surface area contributed by atoms with Gasteiger partial charge in [0.15, 0.2) is 0 Å². The van der Waals surface area contributed by atoms with Crippen LogP contribution in [0.3, 0.4) is 0 Å². The lowest BCUT2D eigenvalue weighted by molar-refractivity contribution is -0.134. The molecule has 1 aromatic rings. The van der Waals surface area contributed by atoms with Gasteiger partial charge in [-0.05, 0) is 25.5 Å². The van der Waals surface area contributed by atoms with Crippen LogP contribution in [0, 0.1) is 6.92 Å². The number of rotatable bonds is 9. The molecular formula is C20H31N3O4S. The smallest absolute Gasteiger partial charge is 0.243 e. The zero-order chi connectivity index (χ0) is 20.6. The summed E-state index contributed by atoms with van der Waals surface area (Å²) in [6.45, 7) is 5.90. The van der Waals surface area contributed by atoms with E-state index in [0.29, 0.717) is 19.6 Å². The van der Waals surface area contributed by atoms with E-state index < -0.39 is 10.0 Å². The maximum atomic E-state index is 12.7. The SMILES string of the molecule is CCCCCNC(=O)CCC(=O)N1CCN(S(=O)(=O)c2ccc(C)cc2)CC1. The van der Waals surface area contributed by atoms with Crippen LogP contribution in [-0.2, 0) is 19.6 Å². The molecule has 156 valence electrons. The molecule has 1 saturated heterocycles. The Balaban J connectivity index is 1.77. The normalized spacial score (nSPS) is 15.4. The molecule has 28 heavy (non-hydrogen) atoms. The molecule has 1 aliphatic heterocycles. The summed E-state index contributed by atoms with van der Waals surface area (Å²) in [5, 5.41) is 2.83. The number of nitrogens with one attached hydrogen (secondary N) is 1. The van der Waals surface area contributed by atoms with Gasteiger partial charge in [-0.15, -0.1) is 0 Å². The van der Waals surface area contributed by atoms with Gasteiger partial charge in [0.25, 0.3) is 0 Å². The van der Waals surface area contributed by atoms with Crippen LogP contribution >= 0.6 is 0 Å². The van der Waals surface area contributed by atoms with E-state index in [1.54, 1.807) is 29.2 Å². The highest BCUT2D eigenvalue weighted by Crippen LogP contribution is 2.18. The predicted molar refractivity (Wildman–Crippen MR) is 108 cm³/mol. The Labute approximate surface area is 168 Å². The molecule has 0 bridgehead atoms. The Morgan fingerprint density at radius 3 is 2.25 bits per heavy atom. The van der Waals surface area contributed by atoms with Crippen LogP contribution in [0.4, 0.5) is 0 Å². The van der Waals surface area contributed by atoms with Gasteiger partial charge in [0.1, 0.15) is 0 Å². The number of unbranched alkanes of at least 4 members (excludes halogenated alkanes) is 2. The molecule has 7 nitrogen and oxygen atoms in total. The Bertz CT molecular complexity index is 754. The Morgan fingerprint density at radius 2 is 1.64 bits per heavy atom. The third kappa shape index (κ3) is 6.31. The molecule has 0 saturated carbocycles. The fraction of sp³-hybridized carbons (Fsp3) is 0.600. The Hall–Kier alpha value is -1.93. The second-order valence-corrected chi connectivity index (χ2v) is 9.09. The molecule has 1 aromatic carbocycles. The van der Waals surface area contributed by atoms with Crippen LogP contribution < -0.4 is 5.32 Å². The highest BCUT2D eigenvalue weighted by atomic mass is 32.2. The van der Waals surface area contributed by atoms with E-state index in [-0.39, 0.29) is 42.6 Å². The topological polar surface area (TPSA) is 86.8 Å². The van der Waals surface area contributed by atoms with Crippen molar-refractivity contribution in [1.82, 2.24) is 14.5 Å². The monoisotopic (exact) mass is 409 g/mol. The van der Waals surface area contributed by atoms with Crippen LogP contribution in [-0.4, -0.2) is 62.2 Å². The number of benzene rings is 1. The molecule has 0 radical (unpaired) electrons. The minimum atomic E-state index is -3.54. The maximum absolute atomic E-state index is 12.7. The Kier molecular flexibility index (Phi) is 8.44. The van der Waals surface area contributed by atoms with Gasteiger partial charge in [0, 0.05) is 45.6 Å². The maximum Gasteiger partial charge on any atom is 0.243 e. The first kappa shape index (κ1) is 22.4. The zero-order valence-corrected chi connectivity index (χ0v) is 17.6. The van der Waals surface area contributed by atoms with E-state index in [4.69, 9.17) is 0 Å². The summed E-state index contributed by atoms with van der Waals surface area (Å²) >= 11 is 0. The van der Waals surface area contributed by atoms with Crippen LogP contribution in [0.5, 0.6) is 0 Å². The standard InChI is InChI=1S/C20H31N3O4S/c1-3-4-5-12-21-19(24)10-11-20(25)22-13-15-23(16-14-22)28(26,27)18-8-6-17(2)7-9-18/h6-9H,3-5,10-16H2,1-2H3,(H,21,24). The van der Waals surface area contributed by atoms with E-state index >= 15 is 0 Å². The number of carbonyl (C=O) groups is 2. The van der Waals surface area contributed by atoms with E-state index in [0.717, 1.165) is 24.8 Å². The number of piperazine rings is 1. The minimum absolute atomic E-state index is 0.101. The van der Waals surface area contributed by atoms with E-state index in [1.807, 2.05) is 6.92 Å². The second-order valence-electron chi connectivity index (χ2n) is 7.15. The van der Waals surface area contributed by atoms with Gasteiger partial charge in [-0.3, -0.25) is 9.59 Å². The first-order valence-electron chi connectivity index (χ1n) is 9.96. The lowest BCUT2D eigenvalue weighted by atomic mass is 10.2. The molecule has 0 atom stereocenters. The molecule has 0 unspecified atom stereocenters. The van der Waals surface area contributed by atoms with Crippen molar-refractivity contribution in [2.24, 2.45) is 0 Å². The van der Waals surface area contributed by atoms with Crippen molar-refractivity contribution in [3.05, 3.63) is 29.8 Å². The molecule has 1 fully saturated rings. The van der Waals surface area contributed by atoms with Crippen molar-refractivity contribution < 1.29 is 18.0 Å². The van der Waals surface area contributed by atoms with Crippen LogP contribution in [0.25, 0.3) is 0 Å². The van der Waals surface area contributed by atoms with Gasteiger partial charge in [-0.25, -0.2) is 8.42 Å². The van der Waals surface area contributed by atoms with E-state index in [1.165, 1.54) is 4.31 Å². The highest BCUT2D eigenvalue weighted by Gasteiger charge is 2.30. The fourth-order valence-corrected chi connectivity index (χ4v) is 4.53. The molecule has 0 spiro atoms. The summed E-state index contributed by atoms with van der Waals surface area (Å²) in [7, 11) is -3.54. The van der Waals surface area contributed by atoms with Crippen molar-refractivity contribution in [3.8, 4) is 0 Å². The summed E-state index contributed by atoms with van der Waals surface area (Å²) in [6.07, 6.45) is 3.46. The quantitative estimate of drug-likeness (QED) is 0.631. The van der Waals surface area contributed by atoms with Gasteiger partial charge in [0.05, 0.1) is 4.90 Å². The molecule has 0 aromatic heterocycles. The summed E-state index contributed by atoms with van der Waals surface area (Å²) in [4.78, 5) is 26.0. The Morgan fingerprint density at radius 1 is 1.00 bits per heavy atom. The molecule has 1 aliphatic rings. The van der Waals surface area contributed by atoms with Crippen molar-refractivity contribution >= 4 is 21.8 Å².